The van der Waals surface area contributed by atoms with Crippen molar-refractivity contribution in [3.05, 3.63) is 43.3 Å². The SMILES string of the molecule is Cc1[nH]c(=O)c(C#N)c(C)c1CCC(=O)NCCc1n[nH]c(=S)n1C(C)C. The van der Waals surface area contributed by atoms with Gasteiger partial charge >= 0.3 is 0 Å². The zero-order valence-electron chi connectivity index (χ0n) is 16.0. The van der Waals surface area contributed by atoms with Crippen LogP contribution >= 0.6 is 12.2 Å². The van der Waals surface area contributed by atoms with Crippen LogP contribution in [0.25, 0.3) is 0 Å². The highest BCUT2D eigenvalue weighted by molar-refractivity contribution is 7.71. The molecule has 0 aliphatic carbocycles. The van der Waals surface area contributed by atoms with Crippen LogP contribution < -0.4 is 10.9 Å². The van der Waals surface area contributed by atoms with Gasteiger partial charge in [-0.05, 0) is 57.5 Å². The molecule has 27 heavy (non-hydrogen) atoms. The molecule has 0 fully saturated rings. The lowest BCUT2D eigenvalue weighted by molar-refractivity contribution is -0.121. The minimum atomic E-state index is -0.390. The summed E-state index contributed by atoms with van der Waals surface area (Å²) in [4.78, 5) is 26.6. The molecule has 0 unspecified atom stereocenters. The van der Waals surface area contributed by atoms with Gasteiger partial charge < -0.3 is 14.9 Å². The van der Waals surface area contributed by atoms with Gasteiger partial charge in [-0.25, -0.2) is 0 Å². The van der Waals surface area contributed by atoms with Crippen molar-refractivity contribution in [3.63, 3.8) is 0 Å². The Morgan fingerprint density at radius 1 is 1.37 bits per heavy atom. The Morgan fingerprint density at radius 3 is 2.70 bits per heavy atom. The number of hydrogen-bond donors (Lipinski definition) is 3. The number of nitrogens with zero attached hydrogens (tertiary/aromatic N) is 3. The number of amides is 1. The number of aromatic amines is 2. The number of hydrogen-bond acceptors (Lipinski definition) is 5. The molecule has 1 amide bonds. The molecule has 0 spiro atoms. The summed E-state index contributed by atoms with van der Waals surface area (Å²) in [6.07, 6.45) is 1.31. The van der Waals surface area contributed by atoms with E-state index < -0.39 is 0 Å². The first kappa shape index (κ1) is 20.6. The highest BCUT2D eigenvalue weighted by atomic mass is 32.1. The van der Waals surface area contributed by atoms with E-state index in [0.29, 0.717) is 35.4 Å². The van der Waals surface area contributed by atoms with Gasteiger partial charge in [0, 0.05) is 31.1 Å². The summed E-state index contributed by atoms with van der Waals surface area (Å²) >= 11 is 5.21. The molecule has 0 radical (unpaired) electrons. The average molecular weight is 388 g/mol. The Labute approximate surface area is 162 Å². The Kier molecular flexibility index (Phi) is 6.69. The van der Waals surface area contributed by atoms with E-state index in [2.05, 4.69) is 20.5 Å². The lowest BCUT2D eigenvalue weighted by Crippen LogP contribution is -2.27. The van der Waals surface area contributed by atoms with Gasteiger partial charge in [0.25, 0.3) is 5.56 Å². The van der Waals surface area contributed by atoms with Crippen molar-refractivity contribution < 1.29 is 4.79 Å². The van der Waals surface area contributed by atoms with Crippen LogP contribution in [-0.2, 0) is 17.6 Å². The summed E-state index contributed by atoms with van der Waals surface area (Å²) in [5, 5.41) is 19.0. The molecule has 2 aromatic rings. The fraction of sp³-hybridized carbons (Fsp3) is 0.500. The zero-order valence-corrected chi connectivity index (χ0v) is 16.8. The number of H-pyrrole nitrogens is 2. The Balaban J connectivity index is 1.94. The predicted molar refractivity (Wildman–Crippen MR) is 104 cm³/mol. The highest BCUT2D eigenvalue weighted by Crippen LogP contribution is 2.15. The van der Waals surface area contributed by atoms with Crippen LogP contribution in [0.2, 0.25) is 0 Å². The molecule has 0 saturated heterocycles. The third kappa shape index (κ3) is 4.71. The first-order chi connectivity index (χ1) is 12.8. The summed E-state index contributed by atoms with van der Waals surface area (Å²) in [5.41, 5.74) is 1.88. The number of carbonyl (C=O) groups is 1. The van der Waals surface area contributed by atoms with Crippen molar-refractivity contribution in [1.29, 1.82) is 5.26 Å². The van der Waals surface area contributed by atoms with Gasteiger partial charge in [-0.2, -0.15) is 10.4 Å². The number of nitriles is 1. The molecule has 2 heterocycles. The fourth-order valence-electron chi connectivity index (χ4n) is 3.11. The molecule has 8 nitrogen and oxygen atoms in total. The molecule has 0 aromatic carbocycles. The minimum absolute atomic E-state index is 0.0938. The minimum Gasteiger partial charge on any atom is -0.356 e. The van der Waals surface area contributed by atoms with E-state index in [1.165, 1.54) is 0 Å². The largest absolute Gasteiger partial charge is 0.356 e. The van der Waals surface area contributed by atoms with Crippen LogP contribution in [-0.4, -0.2) is 32.2 Å². The third-order valence-electron chi connectivity index (χ3n) is 4.49. The molecule has 9 heteroatoms. The Morgan fingerprint density at radius 2 is 2.07 bits per heavy atom. The zero-order chi connectivity index (χ0) is 20.1. The molecule has 0 bridgehead atoms. The first-order valence-electron chi connectivity index (χ1n) is 8.81. The number of pyridine rings is 1. The van der Waals surface area contributed by atoms with Gasteiger partial charge in [-0.15, -0.1) is 0 Å². The molecule has 0 saturated carbocycles. The predicted octanol–water partition coefficient (Wildman–Crippen LogP) is 1.99. The maximum Gasteiger partial charge on any atom is 0.266 e. The number of aromatic nitrogens is 4. The summed E-state index contributed by atoms with van der Waals surface area (Å²) in [5.74, 6) is 0.713. The van der Waals surface area contributed by atoms with Crippen LogP contribution in [0, 0.1) is 29.9 Å². The summed E-state index contributed by atoms with van der Waals surface area (Å²) in [6, 6.07) is 2.12. The monoisotopic (exact) mass is 388 g/mol. The Bertz CT molecular complexity index is 993. The third-order valence-corrected chi connectivity index (χ3v) is 4.77. The lowest BCUT2D eigenvalue weighted by Gasteiger charge is -2.12. The molecule has 0 aliphatic rings. The van der Waals surface area contributed by atoms with Crippen molar-refractivity contribution in [2.75, 3.05) is 6.54 Å². The van der Waals surface area contributed by atoms with Crippen molar-refractivity contribution in [2.45, 2.75) is 53.0 Å². The first-order valence-corrected chi connectivity index (χ1v) is 9.22. The van der Waals surface area contributed by atoms with E-state index in [4.69, 9.17) is 17.5 Å². The highest BCUT2D eigenvalue weighted by Gasteiger charge is 2.14. The summed E-state index contributed by atoms with van der Waals surface area (Å²) < 4.78 is 2.50. The van der Waals surface area contributed by atoms with Crippen LogP contribution in [0.1, 0.15) is 54.5 Å². The number of aryl methyl sites for hydroxylation is 1. The molecule has 2 rings (SSSR count). The molecule has 144 valence electrons. The van der Waals surface area contributed by atoms with Crippen molar-refractivity contribution in [2.24, 2.45) is 0 Å². The Hall–Kier alpha value is -2.73. The van der Waals surface area contributed by atoms with E-state index >= 15 is 0 Å². The molecular formula is C18H24N6O2S. The van der Waals surface area contributed by atoms with Gasteiger partial charge in [0.1, 0.15) is 17.5 Å². The van der Waals surface area contributed by atoms with E-state index in [-0.39, 0.29) is 29.5 Å². The van der Waals surface area contributed by atoms with E-state index in [1.54, 1.807) is 13.8 Å². The van der Waals surface area contributed by atoms with Gasteiger partial charge in [0.15, 0.2) is 4.77 Å². The topological polar surface area (TPSA) is 119 Å². The summed E-state index contributed by atoms with van der Waals surface area (Å²) in [6.45, 7) is 8.02. The van der Waals surface area contributed by atoms with Gasteiger partial charge in [-0.3, -0.25) is 14.7 Å². The van der Waals surface area contributed by atoms with E-state index in [1.807, 2.05) is 24.5 Å². The number of carbonyl (C=O) groups excluding carboxylic acids is 1. The van der Waals surface area contributed by atoms with Crippen molar-refractivity contribution in [3.8, 4) is 6.07 Å². The van der Waals surface area contributed by atoms with Crippen molar-refractivity contribution >= 4 is 18.1 Å². The molecule has 2 aromatic heterocycles. The van der Waals surface area contributed by atoms with Crippen LogP contribution in [0.4, 0.5) is 0 Å². The smallest absolute Gasteiger partial charge is 0.266 e. The lowest BCUT2D eigenvalue weighted by atomic mass is 9.99. The van der Waals surface area contributed by atoms with Gasteiger partial charge in [-0.1, -0.05) is 0 Å². The van der Waals surface area contributed by atoms with E-state index in [0.717, 1.165) is 11.4 Å². The van der Waals surface area contributed by atoms with Crippen LogP contribution in [0.5, 0.6) is 0 Å². The van der Waals surface area contributed by atoms with Gasteiger partial charge in [0.2, 0.25) is 5.91 Å². The number of rotatable bonds is 7. The molecule has 3 N–H and O–H groups in total. The van der Waals surface area contributed by atoms with Gasteiger partial charge in [0.05, 0.1) is 0 Å². The van der Waals surface area contributed by atoms with Crippen molar-refractivity contribution in [1.82, 2.24) is 25.1 Å². The second-order valence-electron chi connectivity index (χ2n) is 6.68. The molecule has 0 aliphatic heterocycles. The summed E-state index contributed by atoms with van der Waals surface area (Å²) in [7, 11) is 0. The maximum absolute atomic E-state index is 12.2. The molecular weight excluding hydrogens is 364 g/mol. The second-order valence-corrected chi connectivity index (χ2v) is 7.06. The quantitative estimate of drug-likeness (QED) is 0.627. The average Bonchev–Trinajstić information content (AvgIpc) is 2.95. The van der Waals surface area contributed by atoms with Crippen LogP contribution in [0.15, 0.2) is 4.79 Å². The normalized spacial score (nSPS) is 10.8. The standard InChI is InChI=1S/C18H24N6O2S/c1-10(2)24-15(22-23-18(24)27)7-8-20-16(25)6-5-13-11(3)14(9-19)17(26)21-12(13)4/h10H,5-8H2,1-4H3,(H,20,25)(H,21,26)(H,23,27). The number of nitrogens with one attached hydrogen (secondary N) is 3. The molecule has 0 atom stereocenters. The maximum atomic E-state index is 12.2. The van der Waals surface area contributed by atoms with E-state index in [9.17, 15) is 9.59 Å². The fourth-order valence-corrected chi connectivity index (χ4v) is 3.47. The second kappa shape index (κ2) is 8.77. The van der Waals surface area contributed by atoms with Crippen LogP contribution in [0.3, 0.4) is 0 Å².